The van der Waals surface area contributed by atoms with E-state index in [1.807, 2.05) is 29.2 Å². The first-order valence-electron chi connectivity index (χ1n) is 9.00. The maximum atomic E-state index is 13.7. The van der Waals surface area contributed by atoms with Crippen molar-refractivity contribution in [2.24, 2.45) is 0 Å². The van der Waals surface area contributed by atoms with Gasteiger partial charge in [-0.25, -0.2) is 9.37 Å². The lowest BCUT2D eigenvalue weighted by atomic mass is 10.0. The zero-order chi connectivity index (χ0) is 18.8. The van der Waals surface area contributed by atoms with Crippen LogP contribution in [0.3, 0.4) is 0 Å². The Balaban J connectivity index is 1.38. The summed E-state index contributed by atoms with van der Waals surface area (Å²) in [7, 11) is 0. The third-order valence-electron chi connectivity index (χ3n) is 4.89. The van der Waals surface area contributed by atoms with Gasteiger partial charge in [0, 0.05) is 43.5 Å². The number of benzene rings is 2. The quantitative estimate of drug-likeness (QED) is 0.721. The topological polar surface area (TPSA) is 61.0 Å². The molecular weight excluding hydrogens is 367 g/mol. The van der Waals surface area contributed by atoms with E-state index in [9.17, 15) is 9.18 Å². The van der Waals surface area contributed by atoms with Crippen molar-refractivity contribution in [2.75, 3.05) is 19.6 Å². The van der Waals surface area contributed by atoms with Crippen LogP contribution >= 0.6 is 11.6 Å². The van der Waals surface area contributed by atoms with Crippen molar-refractivity contribution in [3.8, 4) is 0 Å². The van der Waals surface area contributed by atoms with Crippen LogP contribution in [0.1, 0.15) is 23.9 Å². The molecule has 27 heavy (non-hydrogen) atoms. The van der Waals surface area contributed by atoms with Gasteiger partial charge in [0.25, 0.3) is 0 Å². The molecule has 140 valence electrons. The van der Waals surface area contributed by atoms with E-state index in [1.165, 1.54) is 6.07 Å². The largest absolute Gasteiger partial charge is 0.342 e. The third kappa shape index (κ3) is 3.96. The molecule has 5 nitrogen and oxygen atoms in total. The van der Waals surface area contributed by atoms with Gasteiger partial charge in [0.2, 0.25) is 5.91 Å². The molecule has 3 aromatic rings. The zero-order valence-corrected chi connectivity index (χ0v) is 15.5. The fraction of sp³-hybridized carbons (Fsp3) is 0.300. The molecule has 2 aromatic carbocycles. The van der Waals surface area contributed by atoms with Crippen molar-refractivity contribution in [1.29, 1.82) is 0 Å². The number of rotatable bonds is 4. The van der Waals surface area contributed by atoms with Crippen LogP contribution in [0.25, 0.3) is 11.0 Å². The van der Waals surface area contributed by atoms with Crippen molar-refractivity contribution >= 4 is 28.5 Å². The van der Waals surface area contributed by atoms with Crippen LogP contribution in [0.2, 0.25) is 5.02 Å². The number of hydrogen-bond acceptors (Lipinski definition) is 3. The summed E-state index contributed by atoms with van der Waals surface area (Å²) in [6, 6.07) is 12.6. The van der Waals surface area contributed by atoms with Crippen molar-refractivity contribution in [2.45, 2.75) is 18.9 Å². The number of nitrogens with one attached hydrogen (secondary N) is 2. The molecule has 0 aliphatic carbocycles. The van der Waals surface area contributed by atoms with Crippen LogP contribution in [-0.2, 0) is 11.2 Å². The molecule has 1 fully saturated rings. The summed E-state index contributed by atoms with van der Waals surface area (Å²) in [5.41, 5.74) is 2.09. The summed E-state index contributed by atoms with van der Waals surface area (Å²) in [4.78, 5) is 21.9. The first kappa shape index (κ1) is 17.9. The SMILES string of the molecule is O=C(CCc1nc2c(F)cccc2[nH]1)N1CCNC(c2ccc(Cl)cc2)C1. The van der Waals surface area contributed by atoms with Crippen LogP contribution in [0, 0.1) is 5.82 Å². The van der Waals surface area contributed by atoms with E-state index >= 15 is 0 Å². The Labute approximate surface area is 161 Å². The highest BCUT2D eigenvalue weighted by Gasteiger charge is 2.24. The molecular formula is C20H20ClFN4O. The maximum absolute atomic E-state index is 13.7. The third-order valence-corrected chi connectivity index (χ3v) is 5.14. The summed E-state index contributed by atoms with van der Waals surface area (Å²) >= 11 is 5.95. The van der Waals surface area contributed by atoms with E-state index in [0.29, 0.717) is 47.8 Å². The fourth-order valence-electron chi connectivity index (χ4n) is 3.44. The van der Waals surface area contributed by atoms with Crippen molar-refractivity contribution in [1.82, 2.24) is 20.2 Å². The van der Waals surface area contributed by atoms with Gasteiger partial charge in [0.1, 0.15) is 11.3 Å². The number of piperazine rings is 1. The Morgan fingerprint density at radius 3 is 2.85 bits per heavy atom. The number of imidazole rings is 1. The van der Waals surface area contributed by atoms with Crippen molar-refractivity contribution < 1.29 is 9.18 Å². The van der Waals surface area contributed by atoms with Gasteiger partial charge >= 0.3 is 0 Å². The molecule has 1 amide bonds. The number of hydrogen-bond donors (Lipinski definition) is 2. The molecule has 0 bridgehead atoms. The Hall–Kier alpha value is -2.44. The predicted octanol–water partition coefficient (Wildman–Crippen LogP) is 3.46. The summed E-state index contributed by atoms with van der Waals surface area (Å²) in [5, 5.41) is 4.14. The molecule has 2 N–H and O–H groups in total. The van der Waals surface area contributed by atoms with Crippen molar-refractivity contribution in [3.63, 3.8) is 0 Å². The van der Waals surface area contributed by atoms with Crippen LogP contribution < -0.4 is 5.32 Å². The number of fused-ring (bicyclic) bond motifs is 1. The Morgan fingerprint density at radius 2 is 2.07 bits per heavy atom. The van der Waals surface area contributed by atoms with Gasteiger partial charge in [-0.1, -0.05) is 29.8 Å². The van der Waals surface area contributed by atoms with Gasteiger partial charge in [-0.3, -0.25) is 4.79 Å². The van der Waals surface area contributed by atoms with E-state index in [2.05, 4.69) is 15.3 Å². The molecule has 1 atom stereocenters. The van der Waals surface area contributed by atoms with E-state index in [0.717, 1.165) is 12.1 Å². The van der Waals surface area contributed by atoms with Gasteiger partial charge in [-0.15, -0.1) is 0 Å². The molecule has 1 aliphatic heterocycles. The average molecular weight is 387 g/mol. The number of para-hydroxylation sites is 1. The highest BCUT2D eigenvalue weighted by Crippen LogP contribution is 2.21. The van der Waals surface area contributed by atoms with Crippen LogP contribution in [0.15, 0.2) is 42.5 Å². The summed E-state index contributed by atoms with van der Waals surface area (Å²) in [5.74, 6) is 0.360. The predicted molar refractivity (Wildman–Crippen MR) is 103 cm³/mol. The molecule has 1 saturated heterocycles. The molecule has 4 rings (SSSR count). The minimum Gasteiger partial charge on any atom is -0.342 e. The molecule has 0 saturated carbocycles. The van der Waals surface area contributed by atoms with E-state index in [4.69, 9.17) is 11.6 Å². The molecule has 7 heteroatoms. The van der Waals surface area contributed by atoms with Gasteiger partial charge in [0.15, 0.2) is 5.82 Å². The van der Waals surface area contributed by atoms with Gasteiger partial charge in [-0.2, -0.15) is 0 Å². The van der Waals surface area contributed by atoms with Gasteiger partial charge in [-0.05, 0) is 29.8 Å². The lowest BCUT2D eigenvalue weighted by molar-refractivity contribution is -0.132. The van der Waals surface area contributed by atoms with Crippen LogP contribution in [0.5, 0.6) is 0 Å². The fourth-order valence-corrected chi connectivity index (χ4v) is 3.57. The lowest BCUT2D eigenvalue weighted by Gasteiger charge is -2.34. The summed E-state index contributed by atoms with van der Waals surface area (Å²) in [6.07, 6.45) is 0.803. The number of nitrogens with zero attached hydrogens (tertiary/aromatic N) is 2. The number of H-pyrrole nitrogens is 1. The average Bonchev–Trinajstić information content (AvgIpc) is 3.11. The minimum absolute atomic E-state index is 0.0800. The number of carbonyl (C=O) groups is 1. The second-order valence-corrected chi connectivity index (χ2v) is 7.15. The van der Waals surface area contributed by atoms with E-state index in [-0.39, 0.29) is 17.8 Å². The highest BCUT2D eigenvalue weighted by molar-refractivity contribution is 6.30. The normalized spacial score (nSPS) is 17.4. The maximum Gasteiger partial charge on any atom is 0.223 e. The monoisotopic (exact) mass is 386 g/mol. The standard InChI is InChI=1S/C20H20ClFN4O/c21-14-6-4-13(5-7-14)17-12-26(11-10-23-17)19(27)9-8-18-24-16-3-1-2-15(22)20(16)25-18/h1-7,17,23H,8-12H2,(H,24,25). The number of aryl methyl sites for hydroxylation is 1. The zero-order valence-electron chi connectivity index (χ0n) is 14.7. The molecule has 1 unspecified atom stereocenters. The number of aromatic nitrogens is 2. The number of amides is 1. The summed E-state index contributed by atoms with van der Waals surface area (Å²) in [6.45, 7) is 2.04. The number of aromatic amines is 1. The molecule has 2 heterocycles. The first-order chi connectivity index (χ1) is 13.1. The van der Waals surface area contributed by atoms with Gasteiger partial charge in [0.05, 0.1) is 5.52 Å². The Kier molecular flexibility index (Phi) is 5.09. The summed E-state index contributed by atoms with van der Waals surface area (Å²) < 4.78 is 13.7. The second-order valence-electron chi connectivity index (χ2n) is 6.72. The smallest absolute Gasteiger partial charge is 0.223 e. The number of carbonyl (C=O) groups excluding carboxylic acids is 1. The van der Waals surface area contributed by atoms with E-state index < -0.39 is 0 Å². The number of halogens is 2. The first-order valence-corrected chi connectivity index (χ1v) is 9.37. The van der Waals surface area contributed by atoms with Gasteiger partial charge < -0.3 is 15.2 Å². The second kappa shape index (κ2) is 7.66. The molecule has 0 spiro atoms. The molecule has 1 aliphatic rings. The van der Waals surface area contributed by atoms with Crippen LogP contribution in [0.4, 0.5) is 4.39 Å². The minimum atomic E-state index is -0.353. The lowest BCUT2D eigenvalue weighted by Crippen LogP contribution is -2.48. The Morgan fingerprint density at radius 1 is 1.26 bits per heavy atom. The van der Waals surface area contributed by atoms with Crippen LogP contribution in [-0.4, -0.2) is 40.4 Å². The Bertz CT molecular complexity index is 956. The van der Waals surface area contributed by atoms with Crippen molar-refractivity contribution in [3.05, 3.63) is 64.7 Å². The molecule has 0 radical (unpaired) electrons. The van der Waals surface area contributed by atoms with E-state index in [1.54, 1.807) is 12.1 Å². The highest BCUT2D eigenvalue weighted by atomic mass is 35.5. The molecule has 1 aromatic heterocycles.